The first-order chi connectivity index (χ1) is 11.9. The Labute approximate surface area is 152 Å². The second-order valence-electron chi connectivity index (χ2n) is 5.90. The number of likely N-dealkylation sites (N-methyl/N-ethyl adjacent to an activating group) is 1. The summed E-state index contributed by atoms with van der Waals surface area (Å²) >= 11 is 5.92. The lowest BCUT2D eigenvalue weighted by molar-refractivity contribution is 0.174. The van der Waals surface area contributed by atoms with Crippen LogP contribution in [0.2, 0.25) is 5.02 Å². The maximum atomic E-state index is 12.6. The fourth-order valence-electron chi connectivity index (χ4n) is 2.60. The number of rotatable bonds is 6. The molecule has 0 spiro atoms. The van der Waals surface area contributed by atoms with Crippen LogP contribution < -0.4 is 14.2 Å². The van der Waals surface area contributed by atoms with Gasteiger partial charge in [-0.1, -0.05) is 23.7 Å². The lowest BCUT2D eigenvalue weighted by Gasteiger charge is -2.25. The van der Waals surface area contributed by atoms with E-state index in [2.05, 4.69) is 4.72 Å². The van der Waals surface area contributed by atoms with Crippen LogP contribution in [-0.4, -0.2) is 40.8 Å². The van der Waals surface area contributed by atoms with Crippen molar-refractivity contribution in [3.05, 3.63) is 53.1 Å². The Morgan fingerprint density at radius 2 is 1.80 bits per heavy atom. The first kappa shape index (κ1) is 18.0. The standard InChI is InChI=1S/C17H19ClN2O4S/c1-20(2)15(12-3-5-13(18)6-4-12)10-19-25(21,22)14-7-8-16-17(9-14)24-11-23-16/h3-9,15,19H,10-11H2,1-2H3/t15-/m0/s1. The summed E-state index contributed by atoms with van der Waals surface area (Å²) < 4.78 is 38.3. The van der Waals surface area contributed by atoms with Gasteiger partial charge in [-0.15, -0.1) is 0 Å². The Kier molecular flexibility index (Phi) is 5.19. The summed E-state index contributed by atoms with van der Waals surface area (Å²) in [5.41, 5.74) is 0.975. The summed E-state index contributed by atoms with van der Waals surface area (Å²) in [5.74, 6) is 0.982. The predicted molar refractivity (Wildman–Crippen MR) is 95.6 cm³/mol. The van der Waals surface area contributed by atoms with Crippen molar-refractivity contribution in [1.29, 1.82) is 0 Å². The summed E-state index contributed by atoms with van der Waals surface area (Å²) in [5, 5.41) is 0.641. The van der Waals surface area contributed by atoms with Crippen LogP contribution in [0, 0.1) is 0 Å². The molecule has 1 heterocycles. The third-order valence-electron chi connectivity index (χ3n) is 4.00. The van der Waals surface area contributed by atoms with Gasteiger partial charge >= 0.3 is 0 Å². The molecule has 0 saturated heterocycles. The summed E-state index contributed by atoms with van der Waals surface area (Å²) in [7, 11) is 0.129. The molecule has 134 valence electrons. The predicted octanol–water partition coefficient (Wildman–Crippen LogP) is 2.65. The van der Waals surface area contributed by atoms with Gasteiger partial charge in [0.05, 0.1) is 4.90 Å². The van der Waals surface area contributed by atoms with Crippen molar-refractivity contribution in [3.8, 4) is 11.5 Å². The molecule has 1 N–H and O–H groups in total. The number of benzene rings is 2. The van der Waals surface area contributed by atoms with E-state index in [1.165, 1.54) is 12.1 Å². The number of hydrogen-bond donors (Lipinski definition) is 1. The minimum atomic E-state index is -3.66. The van der Waals surface area contributed by atoms with E-state index >= 15 is 0 Å². The molecule has 2 aromatic rings. The molecule has 0 aromatic heterocycles. The monoisotopic (exact) mass is 382 g/mol. The molecule has 0 aliphatic carbocycles. The first-order valence-electron chi connectivity index (χ1n) is 7.68. The van der Waals surface area contributed by atoms with Gasteiger partial charge in [-0.3, -0.25) is 0 Å². The second kappa shape index (κ2) is 7.21. The Bertz CT molecular complexity index is 853. The molecule has 6 nitrogen and oxygen atoms in total. The number of fused-ring (bicyclic) bond motifs is 1. The average Bonchev–Trinajstić information content (AvgIpc) is 3.04. The average molecular weight is 383 g/mol. The van der Waals surface area contributed by atoms with E-state index in [9.17, 15) is 8.42 Å². The largest absolute Gasteiger partial charge is 0.454 e. The number of halogens is 1. The van der Waals surface area contributed by atoms with E-state index in [4.69, 9.17) is 21.1 Å². The zero-order valence-corrected chi connectivity index (χ0v) is 15.5. The minimum absolute atomic E-state index is 0.103. The van der Waals surface area contributed by atoms with Gasteiger partial charge in [0.2, 0.25) is 16.8 Å². The van der Waals surface area contributed by atoms with Crippen molar-refractivity contribution in [3.63, 3.8) is 0 Å². The normalized spacial score (nSPS) is 14.7. The van der Waals surface area contributed by atoms with Crippen molar-refractivity contribution in [2.45, 2.75) is 10.9 Å². The fourth-order valence-corrected chi connectivity index (χ4v) is 3.78. The van der Waals surface area contributed by atoms with Crippen LogP contribution in [0.1, 0.15) is 11.6 Å². The highest BCUT2D eigenvalue weighted by molar-refractivity contribution is 7.89. The molecule has 2 aromatic carbocycles. The molecule has 1 aliphatic heterocycles. The van der Waals surface area contributed by atoms with Crippen LogP contribution in [0.15, 0.2) is 47.4 Å². The highest BCUT2D eigenvalue weighted by atomic mass is 35.5. The Morgan fingerprint density at radius 1 is 1.12 bits per heavy atom. The Morgan fingerprint density at radius 3 is 2.48 bits per heavy atom. The number of hydrogen-bond acceptors (Lipinski definition) is 5. The SMILES string of the molecule is CN(C)[C@@H](CNS(=O)(=O)c1ccc2c(c1)OCO2)c1ccc(Cl)cc1. The van der Waals surface area contributed by atoms with E-state index in [0.717, 1.165) is 5.56 Å². The van der Waals surface area contributed by atoms with Crippen molar-refractivity contribution >= 4 is 21.6 Å². The maximum absolute atomic E-state index is 12.6. The minimum Gasteiger partial charge on any atom is -0.454 e. The lowest BCUT2D eigenvalue weighted by Crippen LogP contribution is -2.34. The third kappa shape index (κ3) is 4.07. The third-order valence-corrected chi connectivity index (χ3v) is 5.67. The van der Waals surface area contributed by atoms with Crippen molar-refractivity contribution in [1.82, 2.24) is 9.62 Å². The summed E-state index contributed by atoms with van der Waals surface area (Å²) in [6.07, 6.45) is 0. The van der Waals surface area contributed by atoms with Crippen molar-refractivity contribution < 1.29 is 17.9 Å². The highest BCUT2D eigenvalue weighted by Gasteiger charge is 2.22. The molecule has 0 bridgehead atoms. The van der Waals surface area contributed by atoms with Gasteiger partial charge in [0, 0.05) is 23.7 Å². The molecule has 0 fully saturated rings. The molecule has 25 heavy (non-hydrogen) atoms. The van der Waals surface area contributed by atoms with Gasteiger partial charge in [-0.2, -0.15) is 0 Å². The summed E-state index contributed by atoms with van der Waals surface area (Å²) in [6.45, 7) is 0.330. The van der Waals surface area contributed by atoms with Crippen LogP contribution in [0.4, 0.5) is 0 Å². The molecule has 3 rings (SSSR count). The molecule has 1 aliphatic rings. The number of ether oxygens (including phenoxy) is 2. The van der Waals surface area contributed by atoms with Gasteiger partial charge in [-0.05, 0) is 43.9 Å². The molecule has 0 unspecified atom stereocenters. The number of nitrogens with zero attached hydrogens (tertiary/aromatic N) is 1. The highest BCUT2D eigenvalue weighted by Crippen LogP contribution is 2.33. The van der Waals surface area contributed by atoms with E-state index in [-0.39, 0.29) is 24.3 Å². The van der Waals surface area contributed by atoms with E-state index in [1.807, 2.05) is 31.1 Å². The molecule has 8 heteroatoms. The summed E-state index contributed by atoms with van der Waals surface area (Å²) in [4.78, 5) is 2.09. The molecular weight excluding hydrogens is 364 g/mol. The fraction of sp³-hybridized carbons (Fsp3) is 0.294. The van der Waals surface area contributed by atoms with Gasteiger partial charge in [0.1, 0.15) is 0 Å². The van der Waals surface area contributed by atoms with Crippen LogP contribution in [0.25, 0.3) is 0 Å². The van der Waals surface area contributed by atoms with Crippen LogP contribution >= 0.6 is 11.6 Å². The van der Waals surface area contributed by atoms with Crippen LogP contribution in [0.3, 0.4) is 0 Å². The van der Waals surface area contributed by atoms with Gasteiger partial charge in [-0.25, -0.2) is 13.1 Å². The Balaban J connectivity index is 1.76. The van der Waals surface area contributed by atoms with Crippen LogP contribution in [-0.2, 0) is 10.0 Å². The summed E-state index contributed by atoms with van der Waals surface area (Å²) in [6, 6.07) is 11.8. The molecule has 0 amide bonds. The zero-order valence-electron chi connectivity index (χ0n) is 13.9. The second-order valence-corrected chi connectivity index (χ2v) is 8.10. The number of nitrogens with one attached hydrogen (secondary N) is 1. The zero-order chi connectivity index (χ0) is 18.0. The van der Waals surface area contributed by atoms with Crippen LogP contribution in [0.5, 0.6) is 11.5 Å². The smallest absolute Gasteiger partial charge is 0.240 e. The van der Waals surface area contributed by atoms with Crippen molar-refractivity contribution in [2.75, 3.05) is 27.4 Å². The Hall–Kier alpha value is -1.80. The van der Waals surface area contributed by atoms with E-state index < -0.39 is 10.0 Å². The first-order valence-corrected chi connectivity index (χ1v) is 9.54. The molecule has 1 atom stereocenters. The molecular formula is C17H19ClN2O4S. The van der Waals surface area contributed by atoms with E-state index in [1.54, 1.807) is 18.2 Å². The lowest BCUT2D eigenvalue weighted by atomic mass is 10.1. The topological polar surface area (TPSA) is 67.9 Å². The van der Waals surface area contributed by atoms with Gasteiger partial charge in [0.25, 0.3) is 0 Å². The molecule has 0 saturated carbocycles. The maximum Gasteiger partial charge on any atom is 0.240 e. The molecule has 0 radical (unpaired) electrons. The van der Waals surface area contributed by atoms with Crippen molar-refractivity contribution in [2.24, 2.45) is 0 Å². The van der Waals surface area contributed by atoms with Gasteiger partial charge in [0.15, 0.2) is 11.5 Å². The quantitative estimate of drug-likeness (QED) is 0.831. The number of sulfonamides is 1. The van der Waals surface area contributed by atoms with Gasteiger partial charge < -0.3 is 14.4 Å². The van der Waals surface area contributed by atoms with E-state index in [0.29, 0.717) is 16.5 Å².